The van der Waals surface area contributed by atoms with Crippen LogP contribution in [0, 0.1) is 0 Å². The topological polar surface area (TPSA) is 221 Å². The van der Waals surface area contributed by atoms with E-state index in [4.69, 9.17) is 16.6 Å². The average Bonchev–Trinajstić information content (AvgIpc) is 3.49. The van der Waals surface area contributed by atoms with E-state index in [0.717, 1.165) is 10.9 Å². The summed E-state index contributed by atoms with van der Waals surface area (Å²) in [4.78, 5) is 66.0. The Morgan fingerprint density at radius 1 is 1.14 bits per heavy atom. The van der Waals surface area contributed by atoms with Crippen molar-refractivity contribution in [1.82, 2.24) is 20.5 Å². The summed E-state index contributed by atoms with van der Waals surface area (Å²) in [6, 6.07) is 2.41. The Labute approximate surface area is 206 Å². The molecule has 13 nitrogen and oxygen atoms in total. The van der Waals surface area contributed by atoms with Crippen LogP contribution in [0.15, 0.2) is 30.5 Å². The standard InChI is InChI=1S/C23H30N6O7/c24-14(11-30)20(32)27-16(9-19(25)31)22(34)29-7-3-6-18(29)21(33)28-17(23(35)36)8-12-10-26-15-5-2-1-4-13(12)15/h1-2,4-5,10,14,16-18,26,30H,3,6-9,11,24H2,(H2,25,31)(H,27,32)(H,28,33)(H,35,36). The van der Waals surface area contributed by atoms with Gasteiger partial charge in [-0.2, -0.15) is 0 Å². The lowest BCUT2D eigenvalue weighted by Crippen LogP contribution is -2.58. The van der Waals surface area contributed by atoms with Crippen molar-refractivity contribution in [3.8, 4) is 0 Å². The summed E-state index contributed by atoms with van der Waals surface area (Å²) in [6.07, 6.45) is 1.89. The number of carbonyl (C=O) groups excluding carboxylic acids is 4. The van der Waals surface area contributed by atoms with Crippen LogP contribution in [0.2, 0.25) is 0 Å². The lowest BCUT2D eigenvalue weighted by molar-refractivity contribution is -0.145. The predicted molar refractivity (Wildman–Crippen MR) is 127 cm³/mol. The van der Waals surface area contributed by atoms with Crippen molar-refractivity contribution in [2.24, 2.45) is 11.5 Å². The first-order valence-corrected chi connectivity index (χ1v) is 11.5. The average molecular weight is 503 g/mol. The zero-order valence-electron chi connectivity index (χ0n) is 19.5. The first-order chi connectivity index (χ1) is 17.1. The Kier molecular flexibility index (Phi) is 8.61. The number of likely N-dealkylation sites (tertiary alicyclic amines) is 1. The summed E-state index contributed by atoms with van der Waals surface area (Å²) in [7, 11) is 0. The summed E-state index contributed by atoms with van der Waals surface area (Å²) in [5.41, 5.74) is 12.2. The Bertz CT molecular complexity index is 1150. The predicted octanol–water partition coefficient (Wildman–Crippen LogP) is -2.05. The smallest absolute Gasteiger partial charge is 0.326 e. The van der Waals surface area contributed by atoms with Gasteiger partial charge in [-0.3, -0.25) is 19.2 Å². The first-order valence-electron chi connectivity index (χ1n) is 11.5. The minimum absolute atomic E-state index is 0.0190. The number of nitrogens with zero attached hydrogens (tertiary/aromatic N) is 1. The lowest BCUT2D eigenvalue weighted by Gasteiger charge is -2.29. The minimum Gasteiger partial charge on any atom is -0.480 e. The number of carbonyl (C=O) groups is 5. The monoisotopic (exact) mass is 502 g/mol. The maximum Gasteiger partial charge on any atom is 0.326 e. The van der Waals surface area contributed by atoms with Gasteiger partial charge in [-0.15, -0.1) is 0 Å². The number of aliphatic hydroxyl groups excluding tert-OH is 1. The Morgan fingerprint density at radius 2 is 1.86 bits per heavy atom. The molecule has 36 heavy (non-hydrogen) atoms. The highest BCUT2D eigenvalue weighted by Gasteiger charge is 2.39. The van der Waals surface area contributed by atoms with Crippen LogP contribution in [0.3, 0.4) is 0 Å². The Balaban J connectivity index is 1.73. The molecule has 1 aromatic heterocycles. The molecule has 1 aliphatic rings. The number of hydrogen-bond acceptors (Lipinski definition) is 7. The molecule has 194 valence electrons. The summed E-state index contributed by atoms with van der Waals surface area (Å²) in [5.74, 6) is -4.35. The number of rotatable bonds is 11. The molecule has 4 atom stereocenters. The molecule has 0 spiro atoms. The highest BCUT2D eigenvalue weighted by atomic mass is 16.4. The number of nitrogens with two attached hydrogens (primary N) is 2. The molecule has 1 aliphatic heterocycles. The largest absolute Gasteiger partial charge is 0.480 e. The number of fused-ring (bicyclic) bond motifs is 1. The zero-order valence-corrected chi connectivity index (χ0v) is 19.5. The van der Waals surface area contributed by atoms with Crippen LogP contribution in [0.4, 0.5) is 0 Å². The van der Waals surface area contributed by atoms with Crippen molar-refractivity contribution in [3.05, 3.63) is 36.0 Å². The molecular formula is C23H30N6O7. The number of primary amides is 1. The summed E-state index contributed by atoms with van der Waals surface area (Å²) in [5, 5.41) is 24.5. The van der Waals surface area contributed by atoms with E-state index in [1.165, 1.54) is 4.90 Å². The summed E-state index contributed by atoms with van der Waals surface area (Å²) in [6.45, 7) is -0.515. The molecular weight excluding hydrogens is 472 g/mol. The number of carboxylic acid groups (broad SMARTS) is 1. The fraction of sp³-hybridized carbons (Fsp3) is 0.435. The normalized spacial score (nSPS) is 17.8. The Morgan fingerprint density at radius 3 is 2.53 bits per heavy atom. The molecule has 9 N–H and O–H groups in total. The third-order valence-electron chi connectivity index (χ3n) is 6.11. The highest BCUT2D eigenvalue weighted by molar-refractivity contribution is 5.96. The van der Waals surface area contributed by atoms with Gasteiger partial charge >= 0.3 is 5.97 Å². The second kappa shape index (κ2) is 11.6. The maximum absolute atomic E-state index is 13.2. The van der Waals surface area contributed by atoms with Gasteiger partial charge in [0.2, 0.25) is 23.6 Å². The van der Waals surface area contributed by atoms with Crippen molar-refractivity contribution in [2.45, 2.75) is 49.9 Å². The molecule has 3 rings (SSSR count). The SMILES string of the molecule is NC(=O)CC(NC(=O)C(N)CO)C(=O)N1CCCC1C(=O)NC(Cc1c[nH]c2ccccc12)C(=O)O. The molecule has 0 bridgehead atoms. The molecule has 1 saturated heterocycles. The summed E-state index contributed by atoms with van der Waals surface area (Å²) >= 11 is 0. The number of carboxylic acids is 1. The second-order valence-corrected chi connectivity index (χ2v) is 8.67. The van der Waals surface area contributed by atoms with Gasteiger partial charge < -0.3 is 42.2 Å². The van der Waals surface area contributed by atoms with E-state index < -0.39 is 66.8 Å². The first kappa shape index (κ1) is 26.6. The minimum atomic E-state index is -1.39. The summed E-state index contributed by atoms with van der Waals surface area (Å²) < 4.78 is 0. The van der Waals surface area contributed by atoms with Crippen molar-refractivity contribution in [2.75, 3.05) is 13.2 Å². The molecule has 13 heteroatoms. The van der Waals surface area contributed by atoms with E-state index in [-0.39, 0.29) is 19.4 Å². The van der Waals surface area contributed by atoms with Gasteiger partial charge in [-0.05, 0) is 24.5 Å². The number of aliphatic hydroxyl groups is 1. The highest BCUT2D eigenvalue weighted by Crippen LogP contribution is 2.22. The van der Waals surface area contributed by atoms with Gasteiger partial charge in [0.1, 0.15) is 24.2 Å². The number of aromatic nitrogens is 1. The van der Waals surface area contributed by atoms with Crippen molar-refractivity contribution in [3.63, 3.8) is 0 Å². The fourth-order valence-electron chi connectivity index (χ4n) is 4.25. The lowest BCUT2D eigenvalue weighted by atomic mass is 10.0. The molecule has 2 heterocycles. The molecule has 1 aromatic carbocycles. The number of hydrogen-bond donors (Lipinski definition) is 7. The number of aliphatic carboxylic acids is 1. The van der Waals surface area contributed by atoms with Crippen LogP contribution in [0.5, 0.6) is 0 Å². The van der Waals surface area contributed by atoms with E-state index in [2.05, 4.69) is 15.6 Å². The van der Waals surface area contributed by atoms with Crippen LogP contribution in [-0.4, -0.2) is 87.0 Å². The van der Waals surface area contributed by atoms with Gasteiger partial charge in [0.05, 0.1) is 13.0 Å². The second-order valence-electron chi connectivity index (χ2n) is 8.67. The van der Waals surface area contributed by atoms with Crippen LogP contribution < -0.4 is 22.1 Å². The van der Waals surface area contributed by atoms with E-state index >= 15 is 0 Å². The number of aromatic amines is 1. The molecule has 1 fully saturated rings. The molecule has 2 aromatic rings. The van der Waals surface area contributed by atoms with Gasteiger partial charge in [-0.25, -0.2) is 4.79 Å². The Hall–Kier alpha value is -3.97. The van der Waals surface area contributed by atoms with E-state index in [1.54, 1.807) is 6.20 Å². The molecule has 0 radical (unpaired) electrons. The van der Waals surface area contributed by atoms with Crippen molar-refractivity contribution < 1.29 is 34.2 Å². The van der Waals surface area contributed by atoms with Gasteiger partial charge in [0.15, 0.2) is 0 Å². The van der Waals surface area contributed by atoms with Crippen LogP contribution in [-0.2, 0) is 30.4 Å². The zero-order chi connectivity index (χ0) is 26.4. The quantitative estimate of drug-likeness (QED) is 0.181. The number of H-pyrrole nitrogens is 1. The number of nitrogens with one attached hydrogen (secondary N) is 3. The van der Waals surface area contributed by atoms with Crippen LogP contribution >= 0.6 is 0 Å². The van der Waals surface area contributed by atoms with E-state index in [0.29, 0.717) is 12.0 Å². The molecule has 0 aliphatic carbocycles. The maximum atomic E-state index is 13.2. The molecule has 0 saturated carbocycles. The van der Waals surface area contributed by atoms with Crippen LogP contribution in [0.1, 0.15) is 24.8 Å². The third kappa shape index (κ3) is 6.17. The van der Waals surface area contributed by atoms with Gasteiger partial charge in [0, 0.05) is 30.1 Å². The van der Waals surface area contributed by atoms with E-state index in [9.17, 15) is 29.1 Å². The fourth-order valence-corrected chi connectivity index (χ4v) is 4.25. The van der Waals surface area contributed by atoms with Crippen molar-refractivity contribution in [1.29, 1.82) is 0 Å². The van der Waals surface area contributed by atoms with E-state index in [1.807, 2.05) is 24.3 Å². The number of amides is 4. The van der Waals surface area contributed by atoms with Gasteiger partial charge in [0.25, 0.3) is 0 Å². The number of para-hydroxylation sites is 1. The van der Waals surface area contributed by atoms with Gasteiger partial charge in [-0.1, -0.05) is 18.2 Å². The molecule has 4 unspecified atom stereocenters. The third-order valence-corrected chi connectivity index (χ3v) is 6.11. The van der Waals surface area contributed by atoms with Crippen molar-refractivity contribution >= 4 is 40.5 Å². The van der Waals surface area contributed by atoms with Crippen LogP contribution in [0.25, 0.3) is 10.9 Å². The number of benzene rings is 1. The molecule has 4 amide bonds.